The van der Waals surface area contributed by atoms with Gasteiger partial charge < -0.3 is 14.5 Å². The van der Waals surface area contributed by atoms with Crippen molar-refractivity contribution in [3.8, 4) is 5.75 Å². The van der Waals surface area contributed by atoms with Gasteiger partial charge in [-0.1, -0.05) is 11.3 Å². The van der Waals surface area contributed by atoms with Crippen LogP contribution in [0.25, 0.3) is 10.2 Å². The van der Waals surface area contributed by atoms with E-state index in [0.717, 1.165) is 73.0 Å². The SMILES string of the molecule is COc1ccc2nc(N3CCCC(C(=O)N4CCCCC4)C3)sc2c1. The van der Waals surface area contributed by atoms with Crippen LogP contribution in [-0.2, 0) is 4.79 Å². The molecule has 2 aliphatic heterocycles. The van der Waals surface area contributed by atoms with Gasteiger partial charge in [0.05, 0.1) is 23.2 Å². The lowest BCUT2D eigenvalue weighted by molar-refractivity contribution is -0.136. The Kier molecular flexibility index (Phi) is 4.79. The van der Waals surface area contributed by atoms with E-state index in [1.54, 1.807) is 18.4 Å². The highest BCUT2D eigenvalue weighted by Gasteiger charge is 2.31. The van der Waals surface area contributed by atoms with Crippen LogP contribution in [-0.4, -0.2) is 49.1 Å². The van der Waals surface area contributed by atoms with Gasteiger partial charge in [-0.15, -0.1) is 0 Å². The van der Waals surface area contributed by atoms with Crippen LogP contribution in [0.5, 0.6) is 5.75 Å². The first-order valence-corrected chi connectivity index (χ1v) is 10.0. The van der Waals surface area contributed by atoms with E-state index in [1.165, 1.54) is 6.42 Å². The molecule has 1 unspecified atom stereocenters. The van der Waals surface area contributed by atoms with Crippen LogP contribution >= 0.6 is 11.3 Å². The number of hydrogen-bond acceptors (Lipinski definition) is 5. The second-order valence-electron chi connectivity index (χ2n) is 7.00. The van der Waals surface area contributed by atoms with E-state index in [9.17, 15) is 4.79 Å². The normalized spacial score (nSPS) is 21.6. The molecule has 25 heavy (non-hydrogen) atoms. The highest BCUT2D eigenvalue weighted by atomic mass is 32.1. The molecule has 0 saturated carbocycles. The number of hydrogen-bond donors (Lipinski definition) is 0. The van der Waals surface area contributed by atoms with Gasteiger partial charge in [-0.05, 0) is 50.3 Å². The summed E-state index contributed by atoms with van der Waals surface area (Å²) in [5, 5.41) is 1.03. The molecule has 0 bridgehead atoms. The van der Waals surface area contributed by atoms with Crippen LogP contribution in [0.2, 0.25) is 0 Å². The van der Waals surface area contributed by atoms with Crippen LogP contribution in [0.1, 0.15) is 32.1 Å². The lowest BCUT2D eigenvalue weighted by Crippen LogP contribution is -2.46. The molecule has 0 spiro atoms. The maximum absolute atomic E-state index is 12.9. The molecule has 5 nitrogen and oxygen atoms in total. The third-order valence-electron chi connectivity index (χ3n) is 5.29. The average molecular weight is 359 g/mol. The molecule has 6 heteroatoms. The molecule has 1 aromatic heterocycles. The van der Waals surface area contributed by atoms with Crippen LogP contribution in [0.3, 0.4) is 0 Å². The van der Waals surface area contributed by atoms with Crippen LogP contribution in [0.15, 0.2) is 18.2 Å². The first kappa shape index (κ1) is 16.6. The second-order valence-corrected chi connectivity index (χ2v) is 8.01. The van der Waals surface area contributed by atoms with Gasteiger partial charge in [-0.25, -0.2) is 4.98 Å². The minimum atomic E-state index is 0.119. The zero-order valence-electron chi connectivity index (χ0n) is 14.7. The van der Waals surface area contributed by atoms with Gasteiger partial charge in [0.15, 0.2) is 5.13 Å². The van der Waals surface area contributed by atoms with Crippen LogP contribution in [0, 0.1) is 5.92 Å². The molecule has 2 saturated heterocycles. The Balaban J connectivity index is 1.49. The Morgan fingerprint density at radius 2 is 2.04 bits per heavy atom. The highest BCUT2D eigenvalue weighted by molar-refractivity contribution is 7.22. The summed E-state index contributed by atoms with van der Waals surface area (Å²) >= 11 is 1.69. The highest BCUT2D eigenvalue weighted by Crippen LogP contribution is 2.34. The molecule has 2 fully saturated rings. The summed E-state index contributed by atoms with van der Waals surface area (Å²) in [6, 6.07) is 6.00. The van der Waals surface area contributed by atoms with Crippen LogP contribution in [0.4, 0.5) is 5.13 Å². The van der Waals surface area contributed by atoms with Crippen molar-refractivity contribution in [2.45, 2.75) is 32.1 Å². The Morgan fingerprint density at radius 1 is 1.20 bits per heavy atom. The molecule has 1 aromatic carbocycles. The minimum absolute atomic E-state index is 0.119. The summed E-state index contributed by atoms with van der Waals surface area (Å²) in [7, 11) is 1.69. The lowest BCUT2D eigenvalue weighted by Gasteiger charge is -2.36. The molecule has 1 atom stereocenters. The predicted molar refractivity (Wildman–Crippen MR) is 102 cm³/mol. The third-order valence-corrected chi connectivity index (χ3v) is 6.37. The summed E-state index contributed by atoms with van der Waals surface area (Å²) in [5.74, 6) is 1.33. The molecule has 0 radical (unpaired) electrons. The van der Waals surface area contributed by atoms with Gasteiger partial charge in [0.2, 0.25) is 5.91 Å². The number of methoxy groups -OCH3 is 1. The fourth-order valence-electron chi connectivity index (χ4n) is 3.88. The molecule has 1 amide bonds. The second kappa shape index (κ2) is 7.20. The Hall–Kier alpha value is -1.82. The molecular weight excluding hydrogens is 334 g/mol. The number of thiazole rings is 1. The number of ether oxygens (including phenoxy) is 1. The van der Waals surface area contributed by atoms with Crippen LogP contribution < -0.4 is 9.64 Å². The van der Waals surface area contributed by atoms with Gasteiger partial charge >= 0.3 is 0 Å². The molecule has 4 rings (SSSR count). The molecular formula is C19H25N3O2S. The molecule has 0 aliphatic carbocycles. The smallest absolute Gasteiger partial charge is 0.227 e. The predicted octanol–water partition coefficient (Wildman–Crippen LogP) is 3.53. The summed E-state index contributed by atoms with van der Waals surface area (Å²) in [5.41, 5.74) is 1.00. The maximum Gasteiger partial charge on any atom is 0.227 e. The van der Waals surface area contributed by atoms with Crippen molar-refractivity contribution in [3.63, 3.8) is 0 Å². The van der Waals surface area contributed by atoms with E-state index in [4.69, 9.17) is 9.72 Å². The number of carbonyl (C=O) groups is 1. The van der Waals surface area contributed by atoms with E-state index in [-0.39, 0.29) is 5.92 Å². The number of carbonyl (C=O) groups excluding carboxylic acids is 1. The summed E-state index contributed by atoms with van der Waals surface area (Å²) in [6.07, 6.45) is 5.63. The van der Waals surface area contributed by atoms with E-state index >= 15 is 0 Å². The first-order valence-electron chi connectivity index (χ1n) is 9.23. The molecule has 134 valence electrons. The number of piperidine rings is 2. The Bertz CT molecular complexity index is 754. The topological polar surface area (TPSA) is 45.7 Å². The van der Waals surface area contributed by atoms with Gasteiger partial charge in [-0.2, -0.15) is 0 Å². The largest absolute Gasteiger partial charge is 0.497 e. The summed E-state index contributed by atoms with van der Waals surface area (Å²) < 4.78 is 6.45. The summed E-state index contributed by atoms with van der Waals surface area (Å²) in [6.45, 7) is 3.67. The van der Waals surface area contributed by atoms with Crippen molar-refractivity contribution in [2.24, 2.45) is 5.92 Å². The van der Waals surface area contributed by atoms with Crippen molar-refractivity contribution in [3.05, 3.63) is 18.2 Å². The lowest BCUT2D eigenvalue weighted by atomic mass is 9.96. The van der Waals surface area contributed by atoms with Gasteiger partial charge in [0.1, 0.15) is 5.75 Å². The average Bonchev–Trinajstić information content (AvgIpc) is 3.11. The van der Waals surface area contributed by atoms with Gasteiger partial charge in [0.25, 0.3) is 0 Å². The number of likely N-dealkylation sites (tertiary alicyclic amines) is 1. The number of nitrogens with zero attached hydrogens (tertiary/aromatic N) is 3. The molecule has 2 aromatic rings. The quantitative estimate of drug-likeness (QED) is 0.841. The van der Waals surface area contributed by atoms with Gasteiger partial charge in [-0.3, -0.25) is 4.79 Å². The molecule has 3 heterocycles. The molecule has 0 N–H and O–H groups in total. The zero-order chi connectivity index (χ0) is 17.2. The third kappa shape index (κ3) is 3.45. The summed E-state index contributed by atoms with van der Waals surface area (Å²) in [4.78, 5) is 22.0. The van der Waals surface area contributed by atoms with Gasteiger partial charge in [0, 0.05) is 26.2 Å². The first-order chi connectivity index (χ1) is 12.2. The van der Waals surface area contributed by atoms with E-state index in [0.29, 0.717) is 5.91 Å². The number of rotatable bonds is 3. The Labute approximate surface area is 152 Å². The fourth-order valence-corrected chi connectivity index (χ4v) is 4.91. The maximum atomic E-state index is 12.9. The molecule has 2 aliphatic rings. The van der Waals surface area contributed by atoms with E-state index in [1.807, 2.05) is 18.2 Å². The Morgan fingerprint density at radius 3 is 2.84 bits per heavy atom. The monoisotopic (exact) mass is 359 g/mol. The number of fused-ring (bicyclic) bond motifs is 1. The van der Waals surface area contributed by atoms with E-state index in [2.05, 4.69) is 9.80 Å². The number of anilines is 1. The van der Waals surface area contributed by atoms with Crippen molar-refractivity contribution in [2.75, 3.05) is 38.2 Å². The number of benzene rings is 1. The van der Waals surface area contributed by atoms with Crippen molar-refractivity contribution >= 4 is 32.6 Å². The number of aromatic nitrogens is 1. The van der Waals surface area contributed by atoms with Crippen molar-refractivity contribution in [1.29, 1.82) is 0 Å². The standard InChI is InChI=1S/C19H25N3O2S/c1-24-15-7-8-16-17(12-15)25-19(20-16)22-11-5-6-14(13-22)18(23)21-9-3-2-4-10-21/h7-8,12,14H,2-6,9-11,13H2,1H3. The zero-order valence-corrected chi connectivity index (χ0v) is 15.6. The van der Waals surface area contributed by atoms with E-state index < -0.39 is 0 Å². The van der Waals surface area contributed by atoms with Crippen molar-refractivity contribution < 1.29 is 9.53 Å². The number of amides is 1. The van der Waals surface area contributed by atoms with Crippen molar-refractivity contribution in [1.82, 2.24) is 9.88 Å². The minimum Gasteiger partial charge on any atom is -0.497 e. The fraction of sp³-hybridized carbons (Fsp3) is 0.579.